The Morgan fingerprint density at radius 3 is 2.10 bits per heavy atom. The Balaban J connectivity index is 2.62. The Kier molecular flexibility index (Phi) is 8.25. The van der Waals surface area contributed by atoms with Gasteiger partial charge in [0.2, 0.25) is 0 Å². The van der Waals surface area contributed by atoms with Crippen LogP contribution in [-0.2, 0) is 6.42 Å². The number of benzene rings is 1. The number of hydrogen-bond acceptors (Lipinski definition) is 1. The van der Waals surface area contributed by atoms with Gasteiger partial charge in [-0.2, -0.15) is 0 Å². The minimum absolute atomic E-state index is 0.560. The van der Waals surface area contributed by atoms with E-state index in [2.05, 4.69) is 45.1 Å². The summed E-state index contributed by atoms with van der Waals surface area (Å²) in [6.45, 7) is 10.2. The van der Waals surface area contributed by atoms with Gasteiger partial charge in [0.25, 0.3) is 0 Å². The van der Waals surface area contributed by atoms with Gasteiger partial charge in [0.1, 0.15) is 0 Å². The number of rotatable bonds is 9. The summed E-state index contributed by atoms with van der Waals surface area (Å²) in [5.41, 5.74) is 1.40. The molecule has 1 atom stereocenters. The number of nitrogens with one attached hydrogen (secondary N) is 1. The van der Waals surface area contributed by atoms with Crippen LogP contribution in [0.4, 0.5) is 0 Å². The first kappa shape index (κ1) is 17.5. The molecule has 0 saturated carbocycles. The molecule has 1 rings (SSSR count). The molecule has 1 aromatic carbocycles. The second kappa shape index (κ2) is 9.41. The topological polar surface area (TPSA) is 12.0 Å². The normalized spacial score (nSPS) is 13.2. The fraction of sp³-hybridized carbons (Fsp3) is 0.667. The molecule has 0 aliphatic carbocycles. The minimum Gasteiger partial charge on any atom is -0.314 e. The van der Waals surface area contributed by atoms with Crippen molar-refractivity contribution >= 4 is 11.6 Å². The quantitative estimate of drug-likeness (QED) is 0.650. The molecule has 20 heavy (non-hydrogen) atoms. The number of hydrogen-bond donors (Lipinski definition) is 1. The average Bonchev–Trinajstić information content (AvgIpc) is 2.44. The molecular formula is C18H30ClN. The summed E-state index contributed by atoms with van der Waals surface area (Å²) in [6.07, 6.45) is 5.04. The number of halogens is 1. The van der Waals surface area contributed by atoms with Crippen molar-refractivity contribution in [3.63, 3.8) is 0 Å². The maximum Gasteiger partial charge on any atom is 0.0406 e. The predicted molar refractivity (Wildman–Crippen MR) is 90.5 cm³/mol. The summed E-state index contributed by atoms with van der Waals surface area (Å²) in [7, 11) is 0. The van der Waals surface area contributed by atoms with Crippen LogP contribution in [0.1, 0.15) is 52.5 Å². The fourth-order valence-electron chi connectivity index (χ4n) is 2.69. The zero-order chi connectivity index (χ0) is 15.0. The maximum absolute atomic E-state index is 5.97. The van der Waals surface area contributed by atoms with Gasteiger partial charge in [-0.05, 0) is 48.9 Å². The standard InChI is InChI=1S/C18H30ClN/c1-5-15(6-2)11-17(13-20-14(3)4)12-16-7-9-18(19)10-8-16/h7-10,14-15,17,20H,5-6,11-13H2,1-4H3. The average molecular weight is 296 g/mol. The van der Waals surface area contributed by atoms with E-state index in [1.165, 1.54) is 24.8 Å². The molecule has 1 N–H and O–H groups in total. The second-order valence-corrected chi connectivity index (χ2v) is 6.61. The van der Waals surface area contributed by atoms with Crippen molar-refractivity contribution in [2.24, 2.45) is 11.8 Å². The van der Waals surface area contributed by atoms with Crippen LogP contribution in [0.25, 0.3) is 0 Å². The highest BCUT2D eigenvalue weighted by Gasteiger charge is 2.15. The first-order valence-corrected chi connectivity index (χ1v) is 8.40. The second-order valence-electron chi connectivity index (χ2n) is 6.18. The van der Waals surface area contributed by atoms with Crippen molar-refractivity contribution in [1.29, 1.82) is 0 Å². The molecule has 2 heteroatoms. The van der Waals surface area contributed by atoms with Crippen LogP contribution in [0.2, 0.25) is 5.02 Å². The van der Waals surface area contributed by atoms with Gasteiger partial charge < -0.3 is 5.32 Å². The summed E-state index contributed by atoms with van der Waals surface area (Å²) in [4.78, 5) is 0. The van der Waals surface area contributed by atoms with Crippen molar-refractivity contribution in [2.45, 2.75) is 59.4 Å². The third kappa shape index (κ3) is 6.76. The molecule has 0 aromatic heterocycles. The molecule has 0 heterocycles. The lowest BCUT2D eigenvalue weighted by molar-refractivity contribution is 0.331. The van der Waals surface area contributed by atoms with Crippen LogP contribution < -0.4 is 5.32 Å². The third-order valence-electron chi connectivity index (χ3n) is 4.07. The summed E-state index contributed by atoms with van der Waals surface area (Å²) in [5.74, 6) is 1.56. The van der Waals surface area contributed by atoms with Crippen LogP contribution in [0.15, 0.2) is 24.3 Å². The van der Waals surface area contributed by atoms with E-state index in [1.807, 2.05) is 12.1 Å². The van der Waals surface area contributed by atoms with Gasteiger partial charge in [-0.15, -0.1) is 0 Å². The highest BCUT2D eigenvalue weighted by Crippen LogP contribution is 2.22. The van der Waals surface area contributed by atoms with E-state index < -0.39 is 0 Å². The molecule has 1 unspecified atom stereocenters. The summed E-state index contributed by atoms with van der Waals surface area (Å²) >= 11 is 5.97. The van der Waals surface area contributed by atoms with Crippen molar-refractivity contribution in [1.82, 2.24) is 5.32 Å². The van der Waals surface area contributed by atoms with Gasteiger partial charge in [-0.25, -0.2) is 0 Å². The van der Waals surface area contributed by atoms with Gasteiger partial charge >= 0.3 is 0 Å². The van der Waals surface area contributed by atoms with Gasteiger partial charge in [0, 0.05) is 11.1 Å². The largest absolute Gasteiger partial charge is 0.314 e. The van der Waals surface area contributed by atoms with Crippen LogP contribution in [0, 0.1) is 11.8 Å². The van der Waals surface area contributed by atoms with Crippen molar-refractivity contribution < 1.29 is 0 Å². The lowest BCUT2D eigenvalue weighted by Gasteiger charge is -2.23. The highest BCUT2D eigenvalue weighted by atomic mass is 35.5. The molecule has 1 nitrogen and oxygen atoms in total. The van der Waals surface area contributed by atoms with Crippen LogP contribution in [-0.4, -0.2) is 12.6 Å². The van der Waals surface area contributed by atoms with E-state index in [-0.39, 0.29) is 0 Å². The van der Waals surface area contributed by atoms with E-state index in [0.717, 1.165) is 23.9 Å². The van der Waals surface area contributed by atoms with E-state index in [4.69, 9.17) is 11.6 Å². The molecule has 0 spiro atoms. The SMILES string of the molecule is CCC(CC)CC(CNC(C)C)Cc1ccc(Cl)cc1. The van der Waals surface area contributed by atoms with Crippen molar-refractivity contribution in [3.05, 3.63) is 34.9 Å². The summed E-state index contributed by atoms with van der Waals surface area (Å²) in [5, 5.41) is 4.43. The first-order chi connectivity index (χ1) is 9.55. The Bertz CT molecular complexity index is 354. The highest BCUT2D eigenvalue weighted by molar-refractivity contribution is 6.30. The fourth-order valence-corrected chi connectivity index (χ4v) is 2.81. The van der Waals surface area contributed by atoms with E-state index in [1.54, 1.807) is 0 Å². The lowest BCUT2D eigenvalue weighted by Crippen LogP contribution is -2.31. The molecule has 0 bridgehead atoms. The Labute approximate surface area is 130 Å². The van der Waals surface area contributed by atoms with Gasteiger partial charge in [-0.3, -0.25) is 0 Å². The smallest absolute Gasteiger partial charge is 0.0406 e. The zero-order valence-corrected chi connectivity index (χ0v) is 14.2. The minimum atomic E-state index is 0.560. The van der Waals surface area contributed by atoms with Crippen LogP contribution in [0.5, 0.6) is 0 Å². The van der Waals surface area contributed by atoms with Gasteiger partial charge in [-0.1, -0.05) is 64.3 Å². The van der Waals surface area contributed by atoms with Crippen LogP contribution in [0.3, 0.4) is 0 Å². The predicted octanol–water partition coefficient (Wildman–Crippen LogP) is 5.32. The molecule has 0 aliphatic rings. The Hall–Kier alpha value is -0.530. The molecule has 1 aromatic rings. The molecule has 114 valence electrons. The molecule has 0 saturated heterocycles. The van der Waals surface area contributed by atoms with Crippen molar-refractivity contribution in [2.75, 3.05) is 6.54 Å². The zero-order valence-electron chi connectivity index (χ0n) is 13.5. The summed E-state index contributed by atoms with van der Waals surface area (Å²) in [6, 6.07) is 8.89. The van der Waals surface area contributed by atoms with Gasteiger partial charge in [0.15, 0.2) is 0 Å². The molecule has 0 fully saturated rings. The van der Waals surface area contributed by atoms with Crippen LogP contribution >= 0.6 is 11.6 Å². The molecular weight excluding hydrogens is 266 g/mol. The molecule has 0 aliphatic heterocycles. The van der Waals surface area contributed by atoms with Gasteiger partial charge in [0.05, 0.1) is 0 Å². The first-order valence-electron chi connectivity index (χ1n) is 8.02. The van der Waals surface area contributed by atoms with E-state index in [0.29, 0.717) is 12.0 Å². The van der Waals surface area contributed by atoms with E-state index in [9.17, 15) is 0 Å². The van der Waals surface area contributed by atoms with Crippen molar-refractivity contribution in [3.8, 4) is 0 Å². The Morgan fingerprint density at radius 1 is 1.00 bits per heavy atom. The maximum atomic E-state index is 5.97. The third-order valence-corrected chi connectivity index (χ3v) is 4.33. The molecule has 0 radical (unpaired) electrons. The lowest BCUT2D eigenvalue weighted by atomic mass is 9.86. The monoisotopic (exact) mass is 295 g/mol. The Morgan fingerprint density at radius 2 is 1.60 bits per heavy atom. The van der Waals surface area contributed by atoms with E-state index >= 15 is 0 Å². The summed E-state index contributed by atoms with van der Waals surface area (Å²) < 4.78 is 0. The molecule has 0 amide bonds.